The lowest BCUT2D eigenvalue weighted by atomic mass is 10.2. The number of piperazine rings is 1. The number of rotatable bonds is 5. The van der Waals surface area contributed by atoms with E-state index in [9.17, 15) is 9.18 Å². The van der Waals surface area contributed by atoms with Crippen LogP contribution in [0.15, 0.2) is 78.9 Å². The average molecular weight is 442 g/mol. The van der Waals surface area contributed by atoms with Gasteiger partial charge in [0.1, 0.15) is 11.6 Å². The molecule has 1 aromatic heterocycles. The second kappa shape index (κ2) is 9.24. The molecule has 166 valence electrons. The molecule has 7 heteroatoms. The summed E-state index contributed by atoms with van der Waals surface area (Å²) < 4.78 is 13.2. The van der Waals surface area contributed by atoms with Crippen LogP contribution in [0.3, 0.4) is 0 Å². The van der Waals surface area contributed by atoms with Gasteiger partial charge in [0.2, 0.25) is 5.95 Å². The third-order valence-electron chi connectivity index (χ3n) is 5.84. The summed E-state index contributed by atoms with van der Waals surface area (Å²) >= 11 is 0. The SMILES string of the molecule is O=C(c1ccccc1)N1CCN(c2nc(NCc3ccc(F)cc3)c3ccccc3n2)CC1. The van der Waals surface area contributed by atoms with Gasteiger partial charge >= 0.3 is 0 Å². The predicted molar refractivity (Wildman–Crippen MR) is 128 cm³/mol. The predicted octanol–water partition coefficient (Wildman–Crippen LogP) is 4.34. The monoisotopic (exact) mass is 441 g/mol. The number of para-hydroxylation sites is 1. The van der Waals surface area contributed by atoms with Crippen molar-refractivity contribution in [3.05, 3.63) is 95.8 Å². The van der Waals surface area contributed by atoms with Gasteiger partial charge in [-0.15, -0.1) is 0 Å². The fourth-order valence-electron chi connectivity index (χ4n) is 4.00. The van der Waals surface area contributed by atoms with Crippen molar-refractivity contribution in [1.29, 1.82) is 0 Å². The van der Waals surface area contributed by atoms with Crippen LogP contribution in [-0.2, 0) is 6.54 Å². The van der Waals surface area contributed by atoms with Crippen LogP contribution in [0.25, 0.3) is 10.9 Å². The second-order valence-corrected chi connectivity index (χ2v) is 8.01. The molecule has 1 fully saturated rings. The van der Waals surface area contributed by atoms with Gasteiger partial charge in [-0.1, -0.05) is 42.5 Å². The van der Waals surface area contributed by atoms with Crippen LogP contribution in [0.4, 0.5) is 16.2 Å². The maximum atomic E-state index is 13.2. The van der Waals surface area contributed by atoms with E-state index in [1.165, 1.54) is 12.1 Å². The van der Waals surface area contributed by atoms with Crippen molar-refractivity contribution in [1.82, 2.24) is 14.9 Å². The summed E-state index contributed by atoms with van der Waals surface area (Å²) in [5.41, 5.74) is 2.53. The van der Waals surface area contributed by atoms with Crippen LogP contribution in [-0.4, -0.2) is 47.0 Å². The highest BCUT2D eigenvalue weighted by molar-refractivity contribution is 5.94. The summed E-state index contributed by atoms with van der Waals surface area (Å²) in [6, 6.07) is 23.7. The van der Waals surface area contributed by atoms with Crippen LogP contribution >= 0.6 is 0 Å². The van der Waals surface area contributed by atoms with E-state index in [-0.39, 0.29) is 11.7 Å². The highest BCUT2D eigenvalue weighted by Crippen LogP contribution is 2.25. The van der Waals surface area contributed by atoms with Gasteiger partial charge < -0.3 is 15.1 Å². The number of carbonyl (C=O) groups excluding carboxylic acids is 1. The standard InChI is InChI=1S/C26H24FN5O/c27-21-12-10-19(11-13-21)18-28-24-22-8-4-5-9-23(22)29-26(30-24)32-16-14-31(15-17-32)25(33)20-6-2-1-3-7-20/h1-13H,14-18H2,(H,28,29,30). The van der Waals surface area contributed by atoms with Gasteiger partial charge in [0.05, 0.1) is 5.52 Å². The fraction of sp³-hybridized carbons (Fsp3) is 0.192. The molecule has 1 amide bonds. The molecule has 1 aliphatic heterocycles. The molecule has 5 rings (SSSR count). The largest absolute Gasteiger partial charge is 0.365 e. The Balaban J connectivity index is 1.33. The van der Waals surface area contributed by atoms with Gasteiger partial charge in [-0.25, -0.2) is 9.37 Å². The Kier molecular flexibility index (Phi) is 5.85. The molecular formula is C26H24FN5O. The van der Waals surface area contributed by atoms with Crippen LogP contribution in [0.1, 0.15) is 15.9 Å². The highest BCUT2D eigenvalue weighted by Gasteiger charge is 2.24. The maximum absolute atomic E-state index is 13.2. The van der Waals surface area contributed by atoms with Crippen molar-refractivity contribution in [2.45, 2.75) is 6.54 Å². The van der Waals surface area contributed by atoms with Crippen molar-refractivity contribution < 1.29 is 9.18 Å². The molecule has 0 saturated carbocycles. The third-order valence-corrected chi connectivity index (χ3v) is 5.84. The quantitative estimate of drug-likeness (QED) is 0.499. The zero-order chi connectivity index (χ0) is 22.6. The number of anilines is 2. The first kappa shape index (κ1) is 20.9. The van der Waals surface area contributed by atoms with Gasteiger partial charge in [-0.2, -0.15) is 4.98 Å². The average Bonchev–Trinajstić information content (AvgIpc) is 2.88. The topological polar surface area (TPSA) is 61.4 Å². The minimum atomic E-state index is -0.251. The van der Waals surface area contributed by atoms with E-state index in [4.69, 9.17) is 9.97 Å². The maximum Gasteiger partial charge on any atom is 0.253 e. The Hall–Kier alpha value is -4.00. The van der Waals surface area contributed by atoms with Gasteiger partial charge in [0.25, 0.3) is 5.91 Å². The Morgan fingerprint density at radius 2 is 1.55 bits per heavy atom. The molecule has 1 aliphatic rings. The third kappa shape index (κ3) is 4.62. The molecule has 0 unspecified atom stereocenters. The van der Waals surface area contributed by atoms with Crippen molar-refractivity contribution in [3.8, 4) is 0 Å². The van der Waals surface area contributed by atoms with Gasteiger partial charge in [0.15, 0.2) is 0 Å². The number of nitrogens with zero attached hydrogens (tertiary/aromatic N) is 4. The zero-order valence-corrected chi connectivity index (χ0v) is 18.1. The molecular weight excluding hydrogens is 417 g/mol. The Labute approximate surface area is 191 Å². The number of halogens is 1. The number of benzene rings is 3. The van der Waals surface area contributed by atoms with E-state index < -0.39 is 0 Å². The molecule has 0 bridgehead atoms. The Bertz CT molecular complexity index is 1250. The Morgan fingerprint density at radius 3 is 2.30 bits per heavy atom. The first-order valence-electron chi connectivity index (χ1n) is 11.0. The van der Waals surface area contributed by atoms with E-state index in [1.54, 1.807) is 12.1 Å². The van der Waals surface area contributed by atoms with E-state index in [0.29, 0.717) is 44.2 Å². The number of hydrogen-bond acceptors (Lipinski definition) is 5. The van der Waals surface area contributed by atoms with E-state index >= 15 is 0 Å². The number of amides is 1. The lowest BCUT2D eigenvalue weighted by Crippen LogP contribution is -2.49. The van der Waals surface area contributed by atoms with E-state index in [0.717, 1.165) is 22.3 Å². The summed E-state index contributed by atoms with van der Waals surface area (Å²) in [6.45, 7) is 3.08. The van der Waals surface area contributed by atoms with Gasteiger partial charge in [-0.3, -0.25) is 4.79 Å². The molecule has 33 heavy (non-hydrogen) atoms. The molecule has 1 N–H and O–H groups in total. The smallest absolute Gasteiger partial charge is 0.253 e. The summed E-state index contributed by atoms with van der Waals surface area (Å²) in [7, 11) is 0. The zero-order valence-electron chi connectivity index (χ0n) is 18.1. The number of hydrogen-bond donors (Lipinski definition) is 1. The first-order chi connectivity index (χ1) is 16.2. The summed E-state index contributed by atoms with van der Waals surface area (Å²) in [6.07, 6.45) is 0. The van der Waals surface area contributed by atoms with Gasteiger partial charge in [-0.05, 0) is 42.0 Å². The van der Waals surface area contributed by atoms with Crippen molar-refractivity contribution in [3.63, 3.8) is 0 Å². The number of fused-ring (bicyclic) bond motifs is 1. The normalized spacial score (nSPS) is 13.8. The molecule has 2 heterocycles. The first-order valence-corrected chi connectivity index (χ1v) is 11.0. The Morgan fingerprint density at radius 1 is 0.848 bits per heavy atom. The molecule has 1 saturated heterocycles. The van der Waals surface area contributed by atoms with Crippen molar-refractivity contribution in [2.24, 2.45) is 0 Å². The minimum Gasteiger partial charge on any atom is -0.365 e. The molecule has 3 aromatic carbocycles. The van der Waals surface area contributed by atoms with Crippen LogP contribution < -0.4 is 10.2 Å². The van der Waals surface area contributed by atoms with Crippen LogP contribution in [0, 0.1) is 5.82 Å². The number of carbonyl (C=O) groups is 1. The molecule has 6 nitrogen and oxygen atoms in total. The molecule has 0 radical (unpaired) electrons. The van der Waals surface area contributed by atoms with Crippen molar-refractivity contribution in [2.75, 3.05) is 36.4 Å². The molecule has 0 aliphatic carbocycles. The summed E-state index contributed by atoms with van der Waals surface area (Å²) in [5.74, 6) is 1.18. The number of aromatic nitrogens is 2. The lowest BCUT2D eigenvalue weighted by molar-refractivity contribution is 0.0746. The summed E-state index contributed by atoms with van der Waals surface area (Å²) in [4.78, 5) is 26.3. The van der Waals surface area contributed by atoms with Crippen LogP contribution in [0.5, 0.6) is 0 Å². The molecule has 4 aromatic rings. The van der Waals surface area contributed by atoms with E-state index in [2.05, 4.69) is 10.2 Å². The minimum absolute atomic E-state index is 0.0522. The molecule has 0 spiro atoms. The number of nitrogens with one attached hydrogen (secondary N) is 1. The van der Waals surface area contributed by atoms with Crippen LogP contribution in [0.2, 0.25) is 0 Å². The fourth-order valence-corrected chi connectivity index (χ4v) is 4.00. The van der Waals surface area contributed by atoms with Gasteiger partial charge in [0, 0.05) is 43.7 Å². The highest BCUT2D eigenvalue weighted by atomic mass is 19.1. The molecule has 0 atom stereocenters. The second-order valence-electron chi connectivity index (χ2n) is 8.01. The lowest BCUT2D eigenvalue weighted by Gasteiger charge is -2.35. The van der Waals surface area contributed by atoms with E-state index in [1.807, 2.05) is 59.5 Å². The summed E-state index contributed by atoms with van der Waals surface area (Å²) in [5, 5.41) is 4.32. The van der Waals surface area contributed by atoms with Crippen molar-refractivity contribution >= 4 is 28.6 Å².